The number of amides is 3. The minimum Gasteiger partial charge on any atom is -0.345 e. The molecule has 4 rings (SSSR count). The normalized spacial score (nSPS) is 14.3. The van der Waals surface area contributed by atoms with Gasteiger partial charge in [-0.2, -0.15) is 0 Å². The highest BCUT2D eigenvalue weighted by molar-refractivity contribution is 6.19. The van der Waals surface area contributed by atoms with Crippen molar-refractivity contribution < 1.29 is 14.4 Å². The SMILES string of the molecule is Cc1cccc(/C(=C/N(C=O)CC(=O)N2CCC(n3cc(-c4ccccc4)[nH]c3=O)CC2)C(=O)N(C)C)c1C. The van der Waals surface area contributed by atoms with Crippen LogP contribution in [0.25, 0.3) is 16.8 Å². The zero-order valence-electron chi connectivity index (χ0n) is 22.9. The number of H-pyrrole nitrogens is 1. The Kier molecular flexibility index (Phi) is 8.49. The monoisotopic (exact) mass is 529 g/mol. The molecule has 2 aromatic carbocycles. The van der Waals surface area contributed by atoms with Crippen molar-refractivity contribution >= 4 is 23.8 Å². The first-order chi connectivity index (χ1) is 18.7. The molecule has 1 aliphatic rings. The number of imidazole rings is 1. The number of carbonyl (C=O) groups excluding carboxylic acids is 3. The highest BCUT2D eigenvalue weighted by Crippen LogP contribution is 2.25. The molecule has 1 fully saturated rings. The van der Waals surface area contributed by atoms with Gasteiger partial charge in [-0.05, 0) is 48.9 Å². The molecule has 1 aromatic heterocycles. The van der Waals surface area contributed by atoms with E-state index in [0.717, 1.165) is 27.9 Å². The molecule has 2 heterocycles. The molecule has 0 aliphatic carbocycles. The molecule has 0 radical (unpaired) electrons. The Labute approximate surface area is 228 Å². The summed E-state index contributed by atoms with van der Waals surface area (Å²) in [6.07, 6.45) is 5.13. The summed E-state index contributed by atoms with van der Waals surface area (Å²) in [6, 6.07) is 15.3. The van der Waals surface area contributed by atoms with Crippen molar-refractivity contribution in [1.29, 1.82) is 0 Å². The number of likely N-dealkylation sites (tertiary alicyclic amines) is 1. The van der Waals surface area contributed by atoms with Gasteiger partial charge in [0.2, 0.25) is 12.3 Å². The van der Waals surface area contributed by atoms with E-state index in [-0.39, 0.29) is 30.1 Å². The molecule has 9 heteroatoms. The molecule has 0 atom stereocenters. The second-order valence-electron chi connectivity index (χ2n) is 10.1. The van der Waals surface area contributed by atoms with Crippen molar-refractivity contribution in [3.63, 3.8) is 0 Å². The first-order valence-electron chi connectivity index (χ1n) is 13.0. The first kappa shape index (κ1) is 27.6. The summed E-state index contributed by atoms with van der Waals surface area (Å²) < 4.78 is 1.72. The van der Waals surface area contributed by atoms with Gasteiger partial charge >= 0.3 is 5.69 Å². The van der Waals surface area contributed by atoms with Crippen LogP contribution in [-0.4, -0.2) is 76.2 Å². The van der Waals surface area contributed by atoms with Gasteiger partial charge < -0.3 is 19.7 Å². The molecule has 0 saturated carbocycles. The number of benzene rings is 2. The van der Waals surface area contributed by atoms with E-state index < -0.39 is 0 Å². The lowest BCUT2D eigenvalue weighted by atomic mass is 9.96. The Morgan fingerprint density at radius 3 is 2.36 bits per heavy atom. The van der Waals surface area contributed by atoms with Crippen LogP contribution in [-0.2, 0) is 14.4 Å². The van der Waals surface area contributed by atoms with E-state index in [1.165, 1.54) is 16.0 Å². The smallest absolute Gasteiger partial charge is 0.326 e. The van der Waals surface area contributed by atoms with E-state index in [9.17, 15) is 19.2 Å². The molecular weight excluding hydrogens is 494 g/mol. The lowest BCUT2D eigenvalue weighted by molar-refractivity contribution is -0.135. The number of aromatic amines is 1. The highest BCUT2D eigenvalue weighted by Gasteiger charge is 2.26. The van der Waals surface area contributed by atoms with Gasteiger partial charge in [0.15, 0.2) is 0 Å². The number of aryl methyl sites for hydroxylation is 1. The van der Waals surface area contributed by atoms with E-state index in [4.69, 9.17) is 0 Å². The van der Waals surface area contributed by atoms with Crippen LogP contribution in [0, 0.1) is 13.8 Å². The minimum atomic E-state index is -0.254. The average molecular weight is 530 g/mol. The average Bonchev–Trinajstić information content (AvgIpc) is 3.34. The van der Waals surface area contributed by atoms with Crippen molar-refractivity contribution in [2.75, 3.05) is 33.7 Å². The lowest BCUT2D eigenvalue weighted by Crippen LogP contribution is -2.44. The molecule has 3 amide bonds. The van der Waals surface area contributed by atoms with Crippen LogP contribution < -0.4 is 5.69 Å². The number of carbonyl (C=O) groups is 3. The van der Waals surface area contributed by atoms with Crippen molar-refractivity contribution in [2.24, 2.45) is 0 Å². The number of piperidine rings is 1. The van der Waals surface area contributed by atoms with Gasteiger partial charge in [0, 0.05) is 45.6 Å². The first-order valence-corrected chi connectivity index (χ1v) is 13.0. The maximum absolute atomic E-state index is 13.1. The fourth-order valence-corrected chi connectivity index (χ4v) is 4.90. The molecule has 204 valence electrons. The number of hydrogen-bond acceptors (Lipinski definition) is 4. The van der Waals surface area contributed by atoms with Gasteiger partial charge in [-0.1, -0.05) is 48.5 Å². The Hall–Kier alpha value is -4.40. The van der Waals surface area contributed by atoms with Crippen molar-refractivity contribution in [3.8, 4) is 11.3 Å². The van der Waals surface area contributed by atoms with Gasteiger partial charge in [-0.15, -0.1) is 0 Å². The standard InChI is InChI=1S/C30H35N5O4/c1-21-9-8-12-25(22(21)2)26(29(38)32(3)4)17-33(20-36)19-28(37)34-15-13-24(14-16-34)35-18-27(31-30(35)39)23-10-6-5-7-11-23/h5-12,17-18,20,24H,13-16,19H2,1-4H3,(H,31,39)/b26-17-. The molecule has 1 aliphatic heterocycles. The third-order valence-corrected chi connectivity index (χ3v) is 7.32. The van der Waals surface area contributed by atoms with E-state index in [1.54, 1.807) is 23.6 Å². The number of aromatic nitrogens is 2. The Balaban J connectivity index is 1.45. The fourth-order valence-electron chi connectivity index (χ4n) is 4.90. The summed E-state index contributed by atoms with van der Waals surface area (Å²) in [5, 5.41) is 0. The van der Waals surface area contributed by atoms with Crippen LogP contribution in [0.15, 0.2) is 65.7 Å². The van der Waals surface area contributed by atoms with Gasteiger partial charge in [-0.3, -0.25) is 19.0 Å². The summed E-state index contributed by atoms with van der Waals surface area (Å²) in [4.78, 5) is 58.1. The molecule has 0 bridgehead atoms. The predicted molar refractivity (Wildman–Crippen MR) is 151 cm³/mol. The van der Waals surface area contributed by atoms with Gasteiger partial charge in [-0.25, -0.2) is 4.79 Å². The van der Waals surface area contributed by atoms with Crippen molar-refractivity contribution in [2.45, 2.75) is 32.7 Å². The lowest BCUT2D eigenvalue weighted by Gasteiger charge is -2.33. The number of rotatable bonds is 8. The predicted octanol–water partition coefficient (Wildman–Crippen LogP) is 3.21. The third kappa shape index (κ3) is 6.19. The Morgan fingerprint density at radius 2 is 1.72 bits per heavy atom. The zero-order chi connectivity index (χ0) is 28.1. The second-order valence-corrected chi connectivity index (χ2v) is 10.1. The fraction of sp³-hybridized carbons (Fsp3) is 0.333. The summed E-state index contributed by atoms with van der Waals surface area (Å²) in [7, 11) is 3.31. The molecular formula is C30H35N5O4. The summed E-state index contributed by atoms with van der Waals surface area (Å²) in [5.74, 6) is -0.462. The van der Waals surface area contributed by atoms with E-state index in [0.29, 0.717) is 37.9 Å². The Morgan fingerprint density at radius 1 is 1.03 bits per heavy atom. The molecule has 0 spiro atoms. The quantitative estimate of drug-likeness (QED) is 0.358. The van der Waals surface area contributed by atoms with Gasteiger partial charge in [0.1, 0.15) is 6.54 Å². The molecule has 0 unspecified atom stereocenters. The van der Waals surface area contributed by atoms with Crippen LogP contribution in [0.1, 0.15) is 35.6 Å². The van der Waals surface area contributed by atoms with Gasteiger partial charge in [0.05, 0.1) is 11.3 Å². The number of likely N-dealkylation sites (N-methyl/N-ethyl adjacent to an activating group) is 1. The highest BCUT2D eigenvalue weighted by atomic mass is 16.2. The third-order valence-electron chi connectivity index (χ3n) is 7.32. The summed E-state index contributed by atoms with van der Waals surface area (Å²) >= 11 is 0. The van der Waals surface area contributed by atoms with Crippen LogP contribution in [0.3, 0.4) is 0 Å². The molecule has 3 aromatic rings. The summed E-state index contributed by atoms with van der Waals surface area (Å²) in [6.45, 7) is 4.66. The molecule has 1 saturated heterocycles. The van der Waals surface area contributed by atoms with Crippen LogP contribution >= 0.6 is 0 Å². The number of nitrogens with zero attached hydrogens (tertiary/aromatic N) is 4. The van der Waals surface area contributed by atoms with Crippen LogP contribution in [0.2, 0.25) is 0 Å². The minimum absolute atomic E-state index is 0.0223. The molecule has 1 N–H and O–H groups in total. The zero-order valence-corrected chi connectivity index (χ0v) is 22.9. The number of hydrogen-bond donors (Lipinski definition) is 1. The van der Waals surface area contributed by atoms with E-state index >= 15 is 0 Å². The molecule has 39 heavy (non-hydrogen) atoms. The van der Waals surface area contributed by atoms with Crippen LogP contribution in [0.4, 0.5) is 0 Å². The maximum atomic E-state index is 13.1. The topological polar surface area (TPSA) is 98.7 Å². The summed E-state index contributed by atoms with van der Waals surface area (Å²) in [5.41, 5.74) is 4.57. The van der Waals surface area contributed by atoms with E-state index in [2.05, 4.69) is 4.98 Å². The van der Waals surface area contributed by atoms with Crippen molar-refractivity contribution in [3.05, 3.63) is 88.1 Å². The van der Waals surface area contributed by atoms with E-state index in [1.807, 2.05) is 68.6 Å². The maximum Gasteiger partial charge on any atom is 0.326 e. The van der Waals surface area contributed by atoms with Gasteiger partial charge in [0.25, 0.3) is 5.91 Å². The largest absolute Gasteiger partial charge is 0.345 e. The Bertz CT molecular complexity index is 1430. The van der Waals surface area contributed by atoms with Crippen LogP contribution in [0.5, 0.6) is 0 Å². The molecule has 9 nitrogen and oxygen atoms in total. The van der Waals surface area contributed by atoms with Crippen molar-refractivity contribution in [1.82, 2.24) is 24.3 Å². The second kappa shape index (κ2) is 12.0. The number of nitrogens with one attached hydrogen (secondary N) is 1.